The predicted molar refractivity (Wildman–Crippen MR) is 278 cm³/mol. The molecule has 0 bridgehead atoms. The molecule has 0 saturated heterocycles. The van der Waals surface area contributed by atoms with E-state index in [1.807, 2.05) is 23.5 Å². The average Bonchev–Trinajstić information content (AvgIpc) is 3.96. The number of hydrogen-bond acceptors (Lipinski definition) is 7. The largest absolute Gasteiger partial charge is 0.474 e. The second kappa shape index (κ2) is 13.6. The van der Waals surface area contributed by atoms with Crippen LogP contribution in [0.3, 0.4) is 0 Å². The fourth-order valence-electron chi connectivity index (χ4n) is 11.6. The van der Waals surface area contributed by atoms with E-state index in [1.54, 1.807) is 0 Å². The van der Waals surface area contributed by atoms with Gasteiger partial charge < -0.3 is 23.7 Å². The molecule has 9 heteroatoms. The first kappa shape index (κ1) is 39.9. The van der Waals surface area contributed by atoms with Gasteiger partial charge in [-0.25, -0.2) is 0 Å². The number of hydrogen-bond donors (Lipinski definition) is 0. The summed E-state index contributed by atoms with van der Waals surface area (Å²) in [4.78, 5) is 15.9. The summed E-state index contributed by atoms with van der Waals surface area (Å²) < 4.78 is 7.97. The van der Waals surface area contributed by atoms with Gasteiger partial charge in [-0.2, -0.15) is 0 Å². The number of anilines is 8. The van der Waals surface area contributed by atoms with Crippen LogP contribution in [-0.4, -0.2) is 14.0 Å². The Morgan fingerprint density at radius 1 is 0.415 bits per heavy atom. The van der Waals surface area contributed by atoms with Gasteiger partial charge in [0, 0.05) is 64.6 Å². The zero-order valence-electron chi connectivity index (χ0n) is 39.6. The topological polar surface area (TPSA) is 26.1 Å². The molecule has 0 spiro atoms. The summed E-state index contributed by atoms with van der Waals surface area (Å²) in [6.45, 7) is 27.3. The molecule has 6 aliphatic heterocycles. The van der Waals surface area contributed by atoms with Crippen LogP contribution in [0.4, 0.5) is 45.5 Å². The van der Waals surface area contributed by atoms with Gasteiger partial charge in [0.2, 0.25) is 0 Å². The summed E-state index contributed by atoms with van der Waals surface area (Å²) in [5, 5.41) is 0. The SMILES string of the molecule is Cc1cc2c3c(c1C)Sc1cc(C(C)C)ccc1N3B1c3oc4c(c3-c3ccc(C(C)C)cc3N12)-c1ccc(C(C)C)cc1N1B4N2c3ccc(C(C)C)cc3Sc3c(C)c(C)cc1c32. The lowest BCUT2D eigenvalue weighted by Gasteiger charge is -2.37. The first-order chi connectivity index (χ1) is 31.2. The van der Waals surface area contributed by atoms with Crippen molar-refractivity contribution in [2.45, 2.75) is 126 Å². The van der Waals surface area contributed by atoms with Gasteiger partial charge >= 0.3 is 14.0 Å². The summed E-state index contributed by atoms with van der Waals surface area (Å²) in [6, 6.07) is 33.9. The van der Waals surface area contributed by atoms with E-state index in [4.69, 9.17) is 4.42 Å². The van der Waals surface area contributed by atoms with Gasteiger partial charge in [-0.1, -0.05) is 115 Å². The quantitative estimate of drug-likeness (QED) is 0.163. The van der Waals surface area contributed by atoms with E-state index >= 15 is 0 Å². The van der Waals surface area contributed by atoms with Crippen LogP contribution in [-0.2, 0) is 0 Å². The molecule has 0 N–H and O–H groups in total. The lowest BCUT2D eigenvalue weighted by molar-refractivity contribution is 0.631. The van der Waals surface area contributed by atoms with Crippen LogP contribution in [0.2, 0.25) is 0 Å². The van der Waals surface area contributed by atoms with Crippen molar-refractivity contribution in [1.29, 1.82) is 0 Å². The Morgan fingerprint density at radius 3 is 1.17 bits per heavy atom. The second-order valence-corrected chi connectivity index (χ2v) is 22.8. The lowest BCUT2D eigenvalue weighted by Crippen LogP contribution is -2.57. The molecule has 7 aromatic rings. The van der Waals surface area contributed by atoms with Crippen molar-refractivity contribution < 1.29 is 4.42 Å². The average molecular weight is 885 g/mol. The molecule has 0 atom stereocenters. The third kappa shape index (κ3) is 5.17. The highest BCUT2D eigenvalue weighted by Gasteiger charge is 2.59. The normalized spacial score (nSPS) is 15.3. The molecule has 0 radical (unpaired) electrons. The van der Waals surface area contributed by atoms with Crippen LogP contribution in [0.25, 0.3) is 22.3 Å². The Bertz CT molecular complexity index is 3080. The predicted octanol–water partition coefficient (Wildman–Crippen LogP) is 15.3. The number of nitrogens with zero attached hydrogens (tertiary/aromatic N) is 4. The molecule has 0 aliphatic carbocycles. The van der Waals surface area contributed by atoms with Crippen molar-refractivity contribution >= 4 is 94.3 Å². The third-order valence-electron chi connectivity index (χ3n) is 15.6. The van der Waals surface area contributed by atoms with Crippen LogP contribution in [0.5, 0.6) is 0 Å². The molecule has 65 heavy (non-hydrogen) atoms. The maximum absolute atomic E-state index is 7.97. The summed E-state index contributed by atoms with van der Waals surface area (Å²) in [6.07, 6.45) is 0. The van der Waals surface area contributed by atoms with Gasteiger partial charge in [0.25, 0.3) is 0 Å². The van der Waals surface area contributed by atoms with Crippen LogP contribution >= 0.6 is 23.5 Å². The maximum atomic E-state index is 7.97. The number of fused-ring (bicyclic) bond motifs is 21. The van der Waals surface area contributed by atoms with Crippen LogP contribution in [0, 0.1) is 27.7 Å². The number of benzene rings is 6. The summed E-state index contributed by atoms with van der Waals surface area (Å²) in [5.41, 5.74) is 27.9. The van der Waals surface area contributed by atoms with Gasteiger partial charge in [-0.3, -0.25) is 0 Å². The Kier molecular flexibility index (Phi) is 8.36. The minimum atomic E-state index is -0.224. The molecule has 0 amide bonds. The zero-order chi connectivity index (χ0) is 44.8. The van der Waals surface area contributed by atoms with Crippen molar-refractivity contribution in [2.75, 3.05) is 19.2 Å². The number of rotatable bonds is 4. The fourth-order valence-corrected chi connectivity index (χ4v) is 14.2. The van der Waals surface area contributed by atoms with Crippen LogP contribution in [0.15, 0.2) is 109 Å². The molecule has 1 aromatic heterocycles. The van der Waals surface area contributed by atoms with E-state index in [-0.39, 0.29) is 14.0 Å². The summed E-state index contributed by atoms with van der Waals surface area (Å²) in [7, 11) is 0. The van der Waals surface area contributed by atoms with Crippen molar-refractivity contribution in [3.05, 3.63) is 129 Å². The van der Waals surface area contributed by atoms with Gasteiger partial charge in [0.05, 0.1) is 22.7 Å². The number of furan rings is 1. The zero-order valence-corrected chi connectivity index (χ0v) is 41.2. The molecular formula is C56H54B2N4OS2. The first-order valence-electron chi connectivity index (χ1n) is 23.8. The number of aryl methyl sites for hydroxylation is 2. The fraction of sp³-hybridized carbons (Fsp3) is 0.286. The van der Waals surface area contributed by atoms with Crippen LogP contribution in [0.1, 0.15) is 124 Å². The molecule has 5 nitrogen and oxygen atoms in total. The Labute approximate surface area is 393 Å². The molecular weight excluding hydrogens is 830 g/mol. The molecule has 0 fully saturated rings. The van der Waals surface area contributed by atoms with Crippen molar-refractivity contribution in [3.63, 3.8) is 0 Å². The van der Waals surface area contributed by atoms with E-state index in [0.29, 0.717) is 23.7 Å². The van der Waals surface area contributed by atoms with Gasteiger partial charge in [0.1, 0.15) is 11.3 Å². The van der Waals surface area contributed by atoms with Gasteiger partial charge in [-0.15, -0.1) is 0 Å². The van der Waals surface area contributed by atoms with Crippen molar-refractivity contribution in [3.8, 4) is 22.3 Å². The minimum absolute atomic E-state index is 0.224. The highest BCUT2D eigenvalue weighted by atomic mass is 32.2. The molecule has 0 unspecified atom stereocenters. The summed E-state index contributed by atoms with van der Waals surface area (Å²) in [5.74, 6) is 1.62. The first-order valence-corrected chi connectivity index (χ1v) is 25.4. The highest BCUT2D eigenvalue weighted by molar-refractivity contribution is 8.00. The molecule has 13 rings (SSSR count). The van der Waals surface area contributed by atoms with Gasteiger partial charge in [0.15, 0.2) is 0 Å². The van der Waals surface area contributed by atoms with Crippen molar-refractivity contribution in [1.82, 2.24) is 0 Å². The Morgan fingerprint density at radius 2 is 0.785 bits per heavy atom. The lowest BCUT2D eigenvalue weighted by atomic mass is 9.60. The molecule has 322 valence electrons. The van der Waals surface area contributed by atoms with E-state index < -0.39 is 0 Å². The molecule has 6 aliphatic rings. The smallest absolute Gasteiger partial charge is 0.459 e. The highest BCUT2D eigenvalue weighted by Crippen LogP contribution is 2.64. The molecule has 7 heterocycles. The van der Waals surface area contributed by atoms with E-state index in [9.17, 15) is 0 Å². The monoisotopic (exact) mass is 884 g/mol. The van der Waals surface area contributed by atoms with E-state index in [0.717, 1.165) is 11.3 Å². The van der Waals surface area contributed by atoms with Crippen molar-refractivity contribution in [2.24, 2.45) is 0 Å². The molecule has 0 saturated carbocycles. The third-order valence-corrected chi connectivity index (χ3v) is 18.1. The minimum Gasteiger partial charge on any atom is -0.474 e. The maximum Gasteiger partial charge on any atom is 0.459 e. The Balaban J connectivity index is 1.14. The second-order valence-electron chi connectivity index (χ2n) is 20.7. The van der Waals surface area contributed by atoms with E-state index in [2.05, 4.69) is 187 Å². The van der Waals surface area contributed by atoms with E-state index in [1.165, 1.54) is 132 Å². The van der Waals surface area contributed by atoms with Gasteiger partial charge in [-0.05, 0) is 144 Å². The molecule has 6 aromatic carbocycles. The Hall–Kier alpha value is -5.37. The van der Waals surface area contributed by atoms with Crippen LogP contribution < -0.4 is 30.6 Å². The summed E-state index contributed by atoms with van der Waals surface area (Å²) >= 11 is 3.90. The standard InChI is InChI=1S/C56H54B2N4OS2/c1-27(2)35-13-17-39-43(23-35)59-45-21-31(9)33(11)53-51(45)61(41-19-15-37(29(5)6)25-47(41)64-53)57(59)55-49(39)50-40-18-14-36(28(3)4)24-44(40)60-46-22-32(10)34(12)54-52(46)62(58(60)56(50)63-55)42-20-16-38(30(7)8)26-48(42)65-54/h13-30H,1-12H3.